The molecule has 0 atom stereocenters. The number of fused-ring (bicyclic) bond motifs is 1. The second-order valence-electron chi connectivity index (χ2n) is 7.47. The molecule has 2 aromatic heterocycles. The van der Waals surface area contributed by atoms with Crippen LogP contribution in [0.5, 0.6) is 5.75 Å². The molecular formula is C27H18FN3O. The number of nitriles is 1. The Kier molecular flexibility index (Phi) is 5.11. The van der Waals surface area contributed by atoms with E-state index in [-0.39, 0.29) is 5.82 Å². The Labute approximate surface area is 184 Å². The lowest BCUT2D eigenvalue weighted by Crippen LogP contribution is -1.96. The van der Waals surface area contributed by atoms with Crippen LogP contribution in [-0.4, -0.2) is 9.97 Å². The van der Waals surface area contributed by atoms with Crippen molar-refractivity contribution >= 4 is 11.0 Å². The third-order valence-electron chi connectivity index (χ3n) is 5.29. The highest BCUT2D eigenvalue weighted by atomic mass is 19.1. The highest BCUT2D eigenvalue weighted by Crippen LogP contribution is 2.33. The van der Waals surface area contributed by atoms with Gasteiger partial charge in [-0.1, -0.05) is 42.5 Å². The van der Waals surface area contributed by atoms with Crippen LogP contribution in [0.15, 0.2) is 91.3 Å². The van der Waals surface area contributed by atoms with Gasteiger partial charge in [-0.2, -0.15) is 5.26 Å². The van der Waals surface area contributed by atoms with Crippen molar-refractivity contribution in [3.8, 4) is 34.1 Å². The third kappa shape index (κ3) is 3.94. The highest BCUT2D eigenvalue weighted by molar-refractivity contribution is 5.96. The Morgan fingerprint density at radius 1 is 0.906 bits per heavy atom. The van der Waals surface area contributed by atoms with Crippen molar-refractivity contribution in [2.75, 3.05) is 0 Å². The maximum absolute atomic E-state index is 14.4. The van der Waals surface area contributed by atoms with Crippen LogP contribution in [0, 0.1) is 17.1 Å². The summed E-state index contributed by atoms with van der Waals surface area (Å²) in [5.74, 6) is 0.0924. The number of hydrogen-bond acceptors (Lipinski definition) is 3. The zero-order valence-corrected chi connectivity index (χ0v) is 17.0. The van der Waals surface area contributed by atoms with Gasteiger partial charge in [0, 0.05) is 35.0 Å². The lowest BCUT2D eigenvalue weighted by atomic mass is 10.0. The molecule has 0 saturated carbocycles. The SMILES string of the molecule is N#Cc1cccc(-c2cnc3[nH]cc(-c4cc(F)cc(OCc5ccccc5)c4)c3c2)c1. The van der Waals surface area contributed by atoms with E-state index in [2.05, 4.69) is 16.0 Å². The van der Waals surface area contributed by atoms with Gasteiger partial charge in [0.25, 0.3) is 0 Å². The van der Waals surface area contributed by atoms with E-state index in [9.17, 15) is 9.65 Å². The molecular weight excluding hydrogens is 401 g/mol. The lowest BCUT2D eigenvalue weighted by Gasteiger charge is -2.09. The summed E-state index contributed by atoms with van der Waals surface area (Å²) in [6.45, 7) is 0.360. The minimum Gasteiger partial charge on any atom is -0.489 e. The number of nitrogens with zero attached hydrogens (tertiary/aromatic N) is 2. The average Bonchev–Trinajstić information content (AvgIpc) is 3.26. The molecule has 5 rings (SSSR count). The van der Waals surface area contributed by atoms with Gasteiger partial charge in [-0.25, -0.2) is 9.37 Å². The first-order valence-corrected chi connectivity index (χ1v) is 10.1. The Balaban J connectivity index is 1.51. The maximum atomic E-state index is 14.4. The molecule has 0 aliphatic heterocycles. The lowest BCUT2D eigenvalue weighted by molar-refractivity contribution is 0.305. The summed E-state index contributed by atoms with van der Waals surface area (Å²) in [6.07, 6.45) is 3.59. The molecule has 0 spiro atoms. The van der Waals surface area contributed by atoms with Crippen LogP contribution >= 0.6 is 0 Å². The van der Waals surface area contributed by atoms with Crippen molar-refractivity contribution in [2.45, 2.75) is 6.61 Å². The summed E-state index contributed by atoms with van der Waals surface area (Å²) in [7, 11) is 0. The molecule has 0 aliphatic rings. The standard InChI is InChI=1S/C27H18FN3O/c28-23-10-21(11-24(13-23)32-17-18-5-2-1-3-6-18)26-16-31-27-25(26)12-22(15-30-27)20-8-4-7-19(9-20)14-29/h1-13,15-16H,17H2,(H,30,31). The average molecular weight is 419 g/mol. The molecule has 0 amide bonds. The molecule has 0 saturated heterocycles. The van der Waals surface area contributed by atoms with Crippen molar-refractivity contribution < 1.29 is 9.13 Å². The predicted octanol–water partition coefficient (Wildman–Crippen LogP) is 6.49. The molecule has 5 heteroatoms. The number of hydrogen-bond donors (Lipinski definition) is 1. The van der Waals surface area contributed by atoms with Gasteiger partial charge in [0.05, 0.1) is 11.6 Å². The Morgan fingerprint density at radius 2 is 1.78 bits per heavy atom. The van der Waals surface area contributed by atoms with Crippen LogP contribution in [0.1, 0.15) is 11.1 Å². The molecule has 32 heavy (non-hydrogen) atoms. The Hall–Kier alpha value is -4.43. The van der Waals surface area contributed by atoms with E-state index >= 15 is 0 Å². The zero-order valence-electron chi connectivity index (χ0n) is 17.0. The van der Waals surface area contributed by atoms with Crippen LogP contribution in [0.4, 0.5) is 4.39 Å². The first-order valence-electron chi connectivity index (χ1n) is 10.1. The van der Waals surface area contributed by atoms with Crippen LogP contribution in [0.2, 0.25) is 0 Å². The molecule has 3 aromatic carbocycles. The van der Waals surface area contributed by atoms with Gasteiger partial charge in [-0.15, -0.1) is 0 Å². The van der Waals surface area contributed by atoms with E-state index in [0.717, 1.165) is 27.6 Å². The van der Waals surface area contributed by atoms with E-state index in [1.54, 1.807) is 12.3 Å². The summed E-state index contributed by atoms with van der Waals surface area (Å²) in [4.78, 5) is 7.67. The van der Waals surface area contributed by atoms with E-state index in [1.165, 1.54) is 12.1 Å². The molecule has 0 fully saturated rings. The van der Waals surface area contributed by atoms with Crippen molar-refractivity contribution in [2.24, 2.45) is 0 Å². The maximum Gasteiger partial charge on any atom is 0.137 e. The van der Waals surface area contributed by atoms with Crippen LogP contribution in [0.25, 0.3) is 33.3 Å². The number of pyridine rings is 1. The number of halogens is 1. The first kappa shape index (κ1) is 19.5. The Bertz CT molecular complexity index is 1450. The fraction of sp³-hybridized carbons (Fsp3) is 0.0370. The zero-order chi connectivity index (χ0) is 21.9. The van der Waals surface area contributed by atoms with Crippen molar-refractivity contribution in [3.63, 3.8) is 0 Å². The van der Waals surface area contributed by atoms with E-state index in [0.29, 0.717) is 29.1 Å². The smallest absolute Gasteiger partial charge is 0.137 e. The minimum atomic E-state index is -0.370. The van der Waals surface area contributed by atoms with Gasteiger partial charge in [0.2, 0.25) is 0 Å². The van der Waals surface area contributed by atoms with E-state index < -0.39 is 0 Å². The van der Waals surface area contributed by atoms with Gasteiger partial charge in [-0.05, 0) is 47.0 Å². The quantitative estimate of drug-likeness (QED) is 0.354. The second-order valence-corrected chi connectivity index (χ2v) is 7.47. The number of aromatic amines is 1. The highest BCUT2D eigenvalue weighted by Gasteiger charge is 2.12. The summed E-state index contributed by atoms with van der Waals surface area (Å²) < 4.78 is 20.3. The summed E-state index contributed by atoms with van der Waals surface area (Å²) >= 11 is 0. The first-order chi connectivity index (χ1) is 15.7. The van der Waals surface area contributed by atoms with Crippen LogP contribution in [0.3, 0.4) is 0 Å². The third-order valence-corrected chi connectivity index (χ3v) is 5.29. The Morgan fingerprint density at radius 3 is 2.62 bits per heavy atom. The summed E-state index contributed by atoms with van der Waals surface area (Å²) in [5, 5.41) is 10.1. The van der Waals surface area contributed by atoms with Crippen molar-refractivity contribution in [1.82, 2.24) is 9.97 Å². The van der Waals surface area contributed by atoms with Gasteiger partial charge in [-0.3, -0.25) is 0 Å². The topological polar surface area (TPSA) is 61.7 Å². The summed E-state index contributed by atoms with van der Waals surface area (Å²) in [5.41, 5.74) is 5.61. The summed E-state index contributed by atoms with van der Waals surface area (Å²) in [6, 6.07) is 26.0. The van der Waals surface area contributed by atoms with Crippen molar-refractivity contribution in [1.29, 1.82) is 5.26 Å². The molecule has 0 unspecified atom stereocenters. The largest absolute Gasteiger partial charge is 0.489 e. The van der Waals surface area contributed by atoms with Crippen molar-refractivity contribution in [3.05, 3.63) is 108 Å². The van der Waals surface area contributed by atoms with E-state index in [1.807, 2.05) is 66.9 Å². The number of aromatic nitrogens is 2. The molecule has 0 radical (unpaired) electrons. The normalized spacial score (nSPS) is 10.8. The number of benzene rings is 3. The molecule has 0 aliphatic carbocycles. The second kappa shape index (κ2) is 8.37. The van der Waals surface area contributed by atoms with Gasteiger partial charge >= 0.3 is 0 Å². The number of nitrogens with one attached hydrogen (secondary N) is 1. The molecule has 5 aromatic rings. The monoisotopic (exact) mass is 419 g/mol. The van der Waals surface area contributed by atoms with E-state index in [4.69, 9.17) is 4.74 Å². The molecule has 0 bridgehead atoms. The minimum absolute atomic E-state index is 0.360. The fourth-order valence-electron chi connectivity index (χ4n) is 3.71. The molecule has 154 valence electrons. The van der Waals surface area contributed by atoms with Gasteiger partial charge in [0.1, 0.15) is 23.8 Å². The van der Waals surface area contributed by atoms with Crippen LogP contribution < -0.4 is 4.74 Å². The molecule has 2 heterocycles. The molecule has 4 nitrogen and oxygen atoms in total. The predicted molar refractivity (Wildman–Crippen MR) is 122 cm³/mol. The number of H-pyrrole nitrogens is 1. The molecule has 1 N–H and O–H groups in total. The van der Waals surface area contributed by atoms with Crippen LogP contribution in [-0.2, 0) is 6.61 Å². The fourth-order valence-corrected chi connectivity index (χ4v) is 3.71. The number of ether oxygens (including phenoxy) is 1. The number of rotatable bonds is 5. The van der Waals surface area contributed by atoms with Gasteiger partial charge in [0.15, 0.2) is 0 Å². The van der Waals surface area contributed by atoms with Gasteiger partial charge < -0.3 is 9.72 Å².